The number of nitrogens with one attached hydrogen (secondary N) is 1. The van der Waals surface area contributed by atoms with Crippen molar-refractivity contribution in [3.05, 3.63) is 83.9 Å². The van der Waals surface area contributed by atoms with Gasteiger partial charge in [0.25, 0.3) is 0 Å². The highest BCUT2D eigenvalue weighted by atomic mass is 32.2. The number of nitrogens with zero attached hydrogens (tertiary/aromatic N) is 1. The van der Waals surface area contributed by atoms with Gasteiger partial charge in [-0.05, 0) is 79.6 Å². The zero-order valence-corrected chi connectivity index (χ0v) is 20.7. The number of benzene rings is 3. The lowest BCUT2D eigenvalue weighted by atomic mass is 9.86. The van der Waals surface area contributed by atoms with Gasteiger partial charge in [0.2, 0.25) is 10.0 Å². The van der Waals surface area contributed by atoms with Crippen LogP contribution in [0, 0.1) is 0 Å². The van der Waals surface area contributed by atoms with Crippen molar-refractivity contribution in [2.24, 2.45) is 0 Å². The van der Waals surface area contributed by atoms with E-state index in [1.165, 1.54) is 0 Å². The maximum Gasteiger partial charge on any atom is 0.573 e. The smallest absolute Gasteiger partial charge is 0.406 e. The van der Waals surface area contributed by atoms with Crippen molar-refractivity contribution in [1.29, 1.82) is 0 Å². The third kappa shape index (κ3) is 5.46. The summed E-state index contributed by atoms with van der Waals surface area (Å²) in [6.07, 6.45) is -2.38. The lowest BCUT2D eigenvalue weighted by molar-refractivity contribution is -0.274. The molecule has 37 heavy (non-hydrogen) atoms. The second-order valence-electron chi connectivity index (χ2n) is 9.36. The van der Waals surface area contributed by atoms with Crippen LogP contribution in [-0.2, 0) is 22.9 Å². The van der Waals surface area contributed by atoms with E-state index in [1.807, 2.05) is 36.4 Å². The van der Waals surface area contributed by atoms with Crippen LogP contribution >= 0.6 is 0 Å². The molecule has 0 spiro atoms. The summed E-state index contributed by atoms with van der Waals surface area (Å²) in [5, 5.41) is 11.5. The van der Waals surface area contributed by atoms with Crippen molar-refractivity contribution in [3.8, 4) is 5.75 Å². The molecule has 0 aromatic heterocycles. The molecular formula is C27H27F3N2O4S. The monoisotopic (exact) mass is 532 g/mol. The Morgan fingerprint density at radius 2 is 1.43 bits per heavy atom. The number of aryl methyl sites for hydroxylation is 2. The fourth-order valence-corrected chi connectivity index (χ4v) is 6.61. The highest BCUT2D eigenvalue weighted by Gasteiger charge is 2.40. The molecule has 0 radical (unpaired) electrons. The van der Waals surface area contributed by atoms with E-state index in [0.29, 0.717) is 19.3 Å². The Morgan fingerprint density at radius 1 is 0.865 bits per heavy atom. The maximum absolute atomic E-state index is 13.1. The number of hydrogen-bond donors (Lipinski definition) is 2. The molecule has 196 valence electrons. The van der Waals surface area contributed by atoms with Gasteiger partial charge in [0.15, 0.2) is 0 Å². The molecule has 1 aliphatic carbocycles. The van der Waals surface area contributed by atoms with E-state index in [0.717, 1.165) is 59.6 Å². The molecule has 3 atom stereocenters. The number of sulfonamides is 1. The Morgan fingerprint density at radius 3 is 2.00 bits per heavy atom. The molecule has 0 bridgehead atoms. The van der Waals surface area contributed by atoms with Gasteiger partial charge in [0.1, 0.15) is 5.75 Å². The first-order valence-corrected chi connectivity index (χ1v) is 13.6. The number of para-hydroxylation sites is 2. The number of anilines is 2. The van der Waals surface area contributed by atoms with E-state index in [1.54, 1.807) is 0 Å². The second kappa shape index (κ2) is 10.00. The number of alkyl halides is 3. The summed E-state index contributed by atoms with van der Waals surface area (Å²) in [6.45, 7) is 0. The van der Waals surface area contributed by atoms with Crippen LogP contribution in [0.3, 0.4) is 0 Å². The Balaban J connectivity index is 1.41. The third-order valence-corrected chi connectivity index (χ3v) is 8.50. The maximum atomic E-state index is 13.1. The lowest BCUT2D eigenvalue weighted by Crippen LogP contribution is -2.55. The second-order valence-corrected chi connectivity index (χ2v) is 11.1. The topological polar surface area (TPSA) is 78.9 Å². The Hall–Kier alpha value is -3.08. The van der Waals surface area contributed by atoms with Crippen LogP contribution in [0.2, 0.25) is 0 Å². The first kappa shape index (κ1) is 25.6. The van der Waals surface area contributed by atoms with Crippen LogP contribution < -0.4 is 14.4 Å². The minimum atomic E-state index is -4.87. The van der Waals surface area contributed by atoms with Crippen LogP contribution in [0.4, 0.5) is 24.5 Å². The number of rotatable bonds is 5. The molecule has 3 aromatic carbocycles. The van der Waals surface area contributed by atoms with Crippen LogP contribution in [0.15, 0.2) is 77.7 Å². The van der Waals surface area contributed by atoms with Crippen LogP contribution in [0.5, 0.6) is 5.75 Å². The standard InChI is InChI=1S/C27H27F3N2O4S/c28-27(29,30)36-20-14-16-21(17-15-20)37(34,35)31-22-8-5-11-25(26(22)33)32-23-9-3-1-6-18(23)12-13-19-7-2-4-10-24(19)32/h1-4,6-7,9-10,14-17,22,25-26,31,33H,5,8,11-13H2. The molecule has 1 saturated carbocycles. The van der Waals surface area contributed by atoms with Gasteiger partial charge in [-0.15, -0.1) is 13.2 Å². The Labute approximate surface area is 213 Å². The van der Waals surface area contributed by atoms with Crippen molar-refractivity contribution < 1.29 is 31.4 Å². The zero-order valence-electron chi connectivity index (χ0n) is 19.9. The van der Waals surface area contributed by atoms with Crippen LogP contribution in [-0.4, -0.2) is 38.1 Å². The molecule has 6 nitrogen and oxygen atoms in total. The summed E-state index contributed by atoms with van der Waals surface area (Å²) < 4.78 is 69.9. The van der Waals surface area contributed by atoms with E-state index in [4.69, 9.17) is 0 Å². The van der Waals surface area contributed by atoms with Gasteiger partial charge in [0.05, 0.1) is 23.1 Å². The van der Waals surface area contributed by atoms with Gasteiger partial charge in [-0.1, -0.05) is 36.4 Å². The summed E-state index contributed by atoms with van der Waals surface area (Å²) in [6, 6.07) is 19.0. The first-order chi connectivity index (χ1) is 17.6. The molecular weight excluding hydrogens is 505 g/mol. The van der Waals surface area contributed by atoms with Gasteiger partial charge in [-0.25, -0.2) is 13.1 Å². The SMILES string of the molecule is O=S(=O)(NC1CCCC(N2c3ccccc3CCc3ccccc32)C1O)c1ccc(OC(F)(F)F)cc1. The molecule has 2 N–H and O–H groups in total. The van der Waals surface area contributed by atoms with Gasteiger partial charge in [0, 0.05) is 11.4 Å². The minimum absolute atomic E-state index is 0.207. The summed E-state index contributed by atoms with van der Waals surface area (Å²) in [5.74, 6) is -0.511. The largest absolute Gasteiger partial charge is 0.573 e. The van der Waals surface area contributed by atoms with Crippen LogP contribution in [0.25, 0.3) is 0 Å². The summed E-state index contributed by atoms with van der Waals surface area (Å²) in [7, 11) is -4.10. The summed E-state index contributed by atoms with van der Waals surface area (Å²) in [5.41, 5.74) is 4.32. The lowest BCUT2D eigenvalue weighted by Gasteiger charge is -2.43. The molecule has 0 amide bonds. The number of halogens is 3. The number of aliphatic hydroxyl groups is 1. The van der Waals surface area contributed by atoms with Gasteiger partial charge in [-0.2, -0.15) is 0 Å². The highest BCUT2D eigenvalue weighted by molar-refractivity contribution is 7.89. The Bertz CT molecular complexity index is 1320. The fourth-order valence-electron chi connectivity index (χ4n) is 5.33. The number of aliphatic hydroxyl groups excluding tert-OH is 1. The van der Waals surface area contributed by atoms with Gasteiger partial charge in [-0.3, -0.25) is 0 Å². The van der Waals surface area contributed by atoms with E-state index in [2.05, 4.69) is 26.5 Å². The number of hydrogen-bond acceptors (Lipinski definition) is 5. The zero-order chi connectivity index (χ0) is 26.2. The molecule has 10 heteroatoms. The van der Waals surface area contributed by atoms with Crippen molar-refractivity contribution >= 4 is 21.4 Å². The molecule has 1 heterocycles. The van der Waals surface area contributed by atoms with Crippen LogP contribution in [0.1, 0.15) is 30.4 Å². The number of ether oxygens (including phenoxy) is 1. The average molecular weight is 533 g/mol. The molecule has 1 fully saturated rings. The van der Waals surface area contributed by atoms with Crippen molar-refractivity contribution in [2.75, 3.05) is 4.90 Å². The minimum Gasteiger partial charge on any atom is -0.406 e. The molecule has 1 aliphatic heterocycles. The fraction of sp³-hybridized carbons (Fsp3) is 0.333. The normalized spacial score (nSPS) is 22.1. The first-order valence-electron chi connectivity index (χ1n) is 12.1. The van der Waals surface area contributed by atoms with Crippen molar-refractivity contribution in [2.45, 2.75) is 61.5 Å². The predicted octanol–water partition coefficient (Wildman–Crippen LogP) is 5.08. The Kier molecular flexibility index (Phi) is 6.91. The van der Waals surface area contributed by atoms with E-state index < -0.39 is 34.3 Å². The molecule has 5 rings (SSSR count). The molecule has 3 aromatic rings. The quantitative estimate of drug-likeness (QED) is 0.479. The van der Waals surface area contributed by atoms with Gasteiger partial charge < -0.3 is 14.7 Å². The molecule has 0 saturated heterocycles. The molecule has 2 aliphatic rings. The summed E-state index contributed by atoms with van der Waals surface area (Å²) >= 11 is 0. The molecule has 3 unspecified atom stereocenters. The highest BCUT2D eigenvalue weighted by Crippen LogP contribution is 2.41. The number of fused-ring (bicyclic) bond motifs is 2. The summed E-state index contributed by atoms with van der Waals surface area (Å²) in [4.78, 5) is 1.94. The van der Waals surface area contributed by atoms with E-state index in [9.17, 15) is 26.7 Å². The van der Waals surface area contributed by atoms with Crippen molar-refractivity contribution in [3.63, 3.8) is 0 Å². The van der Waals surface area contributed by atoms with Crippen molar-refractivity contribution in [1.82, 2.24) is 4.72 Å². The average Bonchev–Trinajstić information content (AvgIpc) is 3.02. The van der Waals surface area contributed by atoms with E-state index in [-0.39, 0.29) is 10.9 Å². The van der Waals surface area contributed by atoms with Gasteiger partial charge >= 0.3 is 6.36 Å². The van der Waals surface area contributed by atoms with E-state index >= 15 is 0 Å². The predicted molar refractivity (Wildman–Crippen MR) is 133 cm³/mol. The third-order valence-electron chi connectivity index (χ3n) is 6.99.